The Labute approximate surface area is 172 Å². The van der Waals surface area contributed by atoms with Crippen molar-refractivity contribution in [2.24, 2.45) is 11.3 Å². The Morgan fingerprint density at radius 1 is 1.14 bits per heavy atom. The predicted molar refractivity (Wildman–Crippen MR) is 121 cm³/mol. The molecule has 0 spiro atoms. The van der Waals surface area contributed by atoms with Crippen LogP contribution in [-0.4, -0.2) is 11.2 Å². The lowest BCUT2D eigenvalue weighted by Gasteiger charge is -2.40. The van der Waals surface area contributed by atoms with Gasteiger partial charge in [-0.3, -0.25) is 4.98 Å². The minimum absolute atomic E-state index is 0.0252. The van der Waals surface area contributed by atoms with Gasteiger partial charge < -0.3 is 0 Å². The second-order valence-electron chi connectivity index (χ2n) is 8.15. The molecule has 1 heterocycles. The highest BCUT2D eigenvalue weighted by molar-refractivity contribution is 5.84. The van der Waals surface area contributed by atoms with Crippen LogP contribution in [0, 0.1) is 11.3 Å². The van der Waals surface area contributed by atoms with E-state index in [1.165, 1.54) is 21.2 Å². The summed E-state index contributed by atoms with van der Waals surface area (Å²) in [7, 11) is 0. The van der Waals surface area contributed by atoms with E-state index >= 15 is 4.39 Å². The number of allylic oxidation sites excluding steroid dienone is 2. The molecule has 3 aromatic rings. The zero-order chi connectivity index (χ0) is 20.4. The highest BCUT2D eigenvalue weighted by Gasteiger charge is 2.41. The Kier molecular flexibility index (Phi) is 5.36. The first-order valence-corrected chi connectivity index (χ1v) is 10.5. The second kappa shape index (κ2) is 7.94. The lowest BCUT2D eigenvalue weighted by molar-refractivity contribution is 0.128. The summed E-state index contributed by atoms with van der Waals surface area (Å²) in [5, 5.41) is 4.83. The van der Waals surface area contributed by atoms with Crippen LogP contribution in [0.5, 0.6) is 0 Å². The number of rotatable bonds is 5. The minimum atomic E-state index is -0.919. The molecule has 1 aliphatic carbocycles. The maximum atomic E-state index is 15.4. The van der Waals surface area contributed by atoms with Gasteiger partial charge in [-0.05, 0) is 70.8 Å². The van der Waals surface area contributed by atoms with E-state index in [1.807, 2.05) is 38.3 Å². The van der Waals surface area contributed by atoms with Gasteiger partial charge in [-0.1, -0.05) is 62.4 Å². The number of benzene rings is 2. The summed E-state index contributed by atoms with van der Waals surface area (Å²) in [4.78, 5) is 4.69. The molecule has 0 radical (unpaired) electrons. The Morgan fingerprint density at radius 2 is 1.86 bits per heavy atom. The summed E-state index contributed by atoms with van der Waals surface area (Å²) in [5.74, 6) is 0.0252. The summed E-state index contributed by atoms with van der Waals surface area (Å²) in [6, 6.07) is 19.0. The first kappa shape index (κ1) is 19.6. The van der Waals surface area contributed by atoms with Crippen molar-refractivity contribution in [3.8, 4) is 0 Å². The smallest absolute Gasteiger partial charge is 0.109 e. The maximum absolute atomic E-state index is 15.4. The molecule has 2 heteroatoms. The van der Waals surface area contributed by atoms with Gasteiger partial charge in [0.1, 0.15) is 6.17 Å². The SMILES string of the molecule is CC=CC(C)(C(F)CC)C1CC=c2cc3ccccc3cc2=C1c1ccccn1. The normalized spacial score (nSPS) is 19.6. The fraction of sp³-hybridized carbons (Fsp3) is 0.296. The number of fused-ring (bicyclic) bond motifs is 2. The van der Waals surface area contributed by atoms with Gasteiger partial charge in [-0.25, -0.2) is 4.39 Å². The summed E-state index contributed by atoms with van der Waals surface area (Å²) < 4.78 is 15.4. The van der Waals surface area contributed by atoms with Crippen LogP contribution in [0.3, 0.4) is 0 Å². The Balaban J connectivity index is 2.07. The molecule has 3 atom stereocenters. The number of pyridine rings is 1. The van der Waals surface area contributed by atoms with E-state index < -0.39 is 11.6 Å². The molecular weight excluding hydrogens is 357 g/mol. The molecule has 1 aliphatic rings. The van der Waals surface area contributed by atoms with E-state index in [4.69, 9.17) is 4.98 Å². The van der Waals surface area contributed by atoms with E-state index in [2.05, 4.69) is 61.5 Å². The van der Waals surface area contributed by atoms with Crippen molar-refractivity contribution in [3.63, 3.8) is 0 Å². The number of hydrogen-bond acceptors (Lipinski definition) is 1. The zero-order valence-corrected chi connectivity index (χ0v) is 17.4. The Bertz CT molecular complexity index is 1160. The second-order valence-corrected chi connectivity index (χ2v) is 8.15. The average molecular weight is 386 g/mol. The van der Waals surface area contributed by atoms with E-state index in [1.54, 1.807) is 0 Å². The summed E-state index contributed by atoms with van der Waals surface area (Å²) in [5.41, 5.74) is 1.52. The highest BCUT2D eigenvalue weighted by Crippen LogP contribution is 2.45. The first-order chi connectivity index (χ1) is 14.1. The lowest BCUT2D eigenvalue weighted by atomic mass is 9.65. The van der Waals surface area contributed by atoms with Gasteiger partial charge in [0, 0.05) is 17.5 Å². The average Bonchev–Trinajstić information content (AvgIpc) is 2.77. The molecule has 29 heavy (non-hydrogen) atoms. The number of nitrogens with zero attached hydrogens (tertiary/aromatic N) is 1. The molecule has 1 aromatic heterocycles. The molecule has 3 unspecified atom stereocenters. The topological polar surface area (TPSA) is 12.9 Å². The van der Waals surface area contributed by atoms with Gasteiger partial charge in [0.25, 0.3) is 0 Å². The number of halogens is 1. The summed E-state index contributed by atoms with van der Waals surface area (Å²) >= 11 is 0. The van der Waals surface area contributed by atoms with Crippen molar-refractivity contribution in [2.75, 3.05) is 0 Å². The summed E-state index contributed by atoms with van der Waals surface area (Å²) in [6.45, 7) is 5.98. The van der Waals surface area contributed by atoms with Gasteiger partial charge in [-0.2, -0.15) is 0 Å². The maximum Gasteiger partial charge on any atom is 0.109 e. The zero-order valence-electron chi connectivity index (χ0n) is 17.4. The molecule has 0 saturated carbocycles. The van der Waals surface area contributed by atoms with Crippen LogP contribution in [0.25, 0.3) is 22.4 Å². The number of aromatic nitrogens is 1. The third-order valence-corrected chi connectivity index (χ3v) is 6.38. The Morgan fingerprint density at radius 3 is 2.52 bits per heavy atom. The summed E-state index contributed by atoms with van der Waals surface area (Å²) in [6.07, 6.45) is 8.55. The van der Waals surface area contributed by atoms with Crippen LogP contribution in [0.4, 0.5) is 4.39 Å². The van der Waals surface area contributed by atoms with E-state index in [-0.39, 0.29) is 5.92 Å². The highest BCUT2D eigenvalue weighted by atomic mass is 19.1. The fourth-order valence-electron chi connectivity index (χ4n) is 4.85. The molecular formula is C27H28FN. The lowest BCUT2D eigenvalue weighted by Crippen LogP contribution is -2.42. The van der Waals surface area contributed by atoms with Crippen LogP contribution < -0.4 is 10.4 Å². The van der Waals surface area contributed by atoms with Crippen LogP contribution in [0.15, 0.2) is 72.9 Å². The molecule has 4 rings (SSSR count). The molecule has 0 aliphatic heterocycles. The third-order valence-electron chi connectivity index (χ3n) is 6.38. The minimum Gasteiger partial charge on any atom is -0.257 e. The van der Waals surface area contributed by atoms with Crippen molar-refractivity contribution in [2.45, 2.75) is 39.8 Å². The van der Waals surface area contributed by atoms with Gasteiger partial charge in [-0.15, -0.1) is 0 Å². The van der Waals surface area contributed by atoms with Gasteiger partial charge in [0.05, 0.1) is 5.69 Å². The fourth-order valence-corrected chi connectivity index (χ4v) is 4.85. The Hall–Kier alpha value is -2.74. The largest absolute Gasteiger partial charge is 0.257 e. The van der Waals surface area contributed by atoms with Crippen LogP contribution >= 0.6 is 0 Å². The van der Waals surface area contributed by atoms with Crippen molar-refractivity contribution in [1.29, 1.82) is 0 Å². The molecule has 0 amide bonds. The first-order valence-electron chi connectivity index (χ1n) is 10.5. The number of alkyl halides is 1. The molecule has 0 N–H and O–H groups in total. The predicted octanol–water partition coefficient (Wildman–Crippen LogP) is 5.56. The van der Waals surface area contributed by atoms with Crippen LogP contribution in [0.1, 0.15) is 39.3 Å². The third kappa shape index (κ3) is 3.42. The van der Waals surface area contributed by atoms with Crippen molar-refractivity contribution in [1.82, 2.24) is 4.98 Å². The van der Waals surface area contributed by atoms with Crippen LogP contribution in [-0.2, 0) is 0 Å². The number of hydrogen-bond donors (Lipinski definition) is 0. The molecule has 0 saturated heterocycles. The van der Waals surface area contributed by atoms with Gasteiger partial charge >= 0.3 is 0 Å². The molecule has 2 aromatic carbocycles. The molecule has 0 bridgehead atoms. The molecule has 1 nitrogen and oxygen atoms in total. The monoisotopic (exact) mass is 385 g/mol. The molecule has 148 valence electrons. The van der Waals surface area contributed by atoms with Gasteiger partial charge in [0.15, 0.2) is 0 Å². The van der Waals surface area contributed by atoms with Crippen LogP contribution in [0.2, 0.25) is 0 Å². The van der Waals surface area contributed by atoms with E-state index in [0.717, 1.165) is 17.7 Å². The van der Waals surface area contributed by atoms with Crippen molar-refractivity contribution < 1.29 is 4.39 Å². The quantitative estimate of drug-likeness (QED) is 0.524. The molecule has 0 fully saturated rings. The standard InChI is InChI=1S/C27H28FN/c1-4-15-27(3,25(28)5-2)23-14-13-21-17-19-10-6-7-11-20(19)18-22(21)26(23)24-12-8-9-16-29-24/h4,6-13,15-18,23,25H,5,14H2,1-3H3. The van der Waals surface area contributed by atoms with E-state index in [9.17, 15) is 0 Å². The van der Waals surface area contributed by atoms with Gasteiger partial charge in [0.2, 0.25) is 0 Å². The van der Waals surface area contributed by atoms with Crippen molar-refractivity contribution >= 4 is 22.4 Å². The van der Waals surface area contributed by atoms with Crippen molar-refractivity contribution in [3.05, 3.63) is 89.1 Å². The van der Waals surface area contributed by atoms with E-state index in [0.29, 0.717) is 6.42 Å².